The van der Waals surface area contributed by atoms with Crippen molar-refractivity contribution in [2.24, 2.45) is 0 Å². The molecule has 0 fully saturated rings. The van der Waals surface area contributed by atoms with Gasteiger partial charge in [-0.25, -0.2) is 0 Å². The van der Waals surface area contributed by atoms with E-state index in [2.05, 4.69) is 6.92 Å². The Balaban J connectivity index is 3.00. The molecular weight excluding hydrogens is 202 g/mol. The number of nitrogen functional groups attached to an aromatic ring is 1. The second-order valence-corrected chi connectivity index (χ2v) is 4.17. The van der Waals surface area contributed by atoms with E-state index in [1.165, 1.54) is 0 Å². The maximum absolute atomic E-state index is 11.2. The Morgan fingerprint density at radius 3 is 2.75 bits per heavy atom. The fourth-order valence-electron chi connectivity index (χ4n) is 1.82. The second-order valence-electron chi connectivity index (χ2n) is 4.17. The normalized spacial score (nSPS) is 12.4. The summed E-state index contributed by atoms with van der Waals surface area (Å²) >= 11 is 0. The Hall–Kier alpha value is -1.51. The highest BCUT2D eigenvalue weighted by Gasteiger charge is 2.21. The summed E-state index contributed by atoms with van der Waals surface area (Å²) < 4.78 is 0. The molecule has 16 heavy (non-hydrogen) atoms. The Kier molecular flexibility index (Phi) is 4.35. The SMILES string of the molecule is CCCCC(C(=O)O)c1cc(C)ccc1N. The van der Waals surface area contributed by atoms with Crippen molar-refractivity contribution in [3.05, 3.63) is 29.3 Å². The summed E-state index contributed by atoms with van der Waals surface area (Å²) in [5.74, 6) is -1.26. The van der Waals surface area contributed by atoms with Crippen molar-refractivity contribution in [2.45, 2.75) is 39.0 Å². The zero-order valence-corrected chi connectivity index (χ0v) is 9.86. The molecule has 1 unspecified atom stereocenters. The molecule has 1 aromatic carbocycles. The van der Waals surface area contributed by atoms with Crippen LogP contribution in [0, 0.1) is 6.92 Å². The lowest BCUT2D eigenvalue weighted by Crippen LogP contribution is -2.13. The number of benzene rings is 1. The molecule has 88 valence electrons. The van der Waals surface area contributed by atoms with E-state index in [9.17, 15) is 9.90 Å². The zero-order valence-electron chi connectivity index (χ0n) is 9.86. The summed E-state index contributed by atoms with van der Waals surface area (Å²) in [5.41, 5.74) is 8.21. The van der Waals surface area contributed by atoms with Crippen molar-refractivity contribution < 1.29 is 9.90 Å². The van der Waals surface area contributed by atoms with Crippen molar-refractivity contribution in [1.82, 2.24) is 0 Å². The van der Waals surface area contributed by atoms with Gasteiger partial charge in [0, 0.05) is 5.69 Å². The standard InChI is InChI=1S/C13H19NO2/c1-3-4-5-10(13(15)16)11-8-9(2)6-7-12(11)14/h6-8,10H,3-5,14H2,1-2H3,(H,15,16). The van der Waals surface area contributed by atoms with Gasteiger partial charge in [-0.05, 0) is 25.0 Å². The maximum atomic E-state index is 11.2. The number of hydrogen-bond donors (Lipinski definition) is 2. The van der Waals surface area contributed by atoms with Gasteiger partial charge in [-0.2, -0.15) is 0 Å². The number of carboxylic acid groups (broad SMARTS) is 1. The van der Waals surface area contributed by atoms with Crippen LogP contribution in [0.5, 0.6) is 0 Å². The summed E-state index contributed by atoms with van der Waals surface area (Å²) in [6.45, 7) is 4.00. The molecule has 1 aromatic rings. The molecule has 3 N–H and O–H groups in total. The van der Waals surface area contributed by atoms with Crippen LogP contribution >= 0.6 is 0 Å². The van der Waals surface area contributed by atoms with Gasteiger partial charge < -0.3 is 10.8 Å². The van der Waals surface area contributed by atoms with E-state index in [1.54, 1.807) is 6.07 Å². The first-order valence-electron chi connectivity index (χ1n) is 5.65. The van der Waals surface area contributed by atoms with Crippen molar-refractivity contribution >= 4 is 11.7 Å². The highest BCUT2D eigenvalue weighted by atomic mass is 16.4. The summed E-state index contributed by atoms with van der Waals surface area (Å²) in [6, 6.07) is 5.56. The molecule has 0 amide bonds. The van der Waals surface area contributed by atoms with Crippen LogP contribution in [0.25, 0.3) is 0 Å². The number of hydrogen-bond acceptors (Lipinski definition) is 2. The summed E-state index contributed by atoms with van der Waals surface area (Å²) in [6.07, 6.45) is 2.55. The minimum Gasteiger partial charge on any atom is -0.481 e. The predicted octanol–water partition coefficient (Wildman–Crippen LogP) is 2.94. The quantitative estimate of drug-likeness (QED) is 0.751. The van der Waals surface area contributed by atoms with Crippen LogP contribution in [0.3, 0.4) is 0 Å². The number of aliphatic carboxylic acids is 1. The first kappa shape index (κ1) is 12.6. The van der Waals surface area contributed by atoms with Crippen molar-refractivity contribution in [2.75, 3.05) is 5.73 Å². The number of unbranched alkanes of at least 4 members (excludes halogenated alkanes) is 1. The van der Waals surface area contributed by atoms with Gasteiger partial charge in [0.25, 0.3) is 0 Å². The predicted molar refractivity (Wildman–Crippen MR) is 65.5 cm³/mol. The summed E-state index contributed by atoms with van der Waals surface area (Å²) in [4.78, 5) is 11.2. The Morgan fingerprint density at radius 1 is 1.50 bits per heavy atom. The molecule has 0 saturated carbocycles. The summed E-state index contributed by atoms with van der Waals surface area (Å²) in [7, 11) is 0. The smallest absolute Gasteiger partial charge is 0.311 e. The zero-order chi connectivity index (χ0) is 12.1. The largest absolute Gasteiger partial charge is 0.481 e. The van der Waals surface area contributed by atoms with E-state index in [4.69, 9.17) is 5.73 Å². The van der Waals surface area contributed by atoms with Crippen LogP contribution in [0.1, 0.15) is 43.2 Å². The van der Waals surface area contributed by atoms with E-state index >= 15 is 0 Å². The molecule has 0 aliphatic carbocycles. The molecule has 1 rings (SSSR count). The van der Waals surface area contributed by atoms with Crippen LogP contribution in [0.2, 0.25) is 0 Å². The molecule has 0 aliphatic heterocycles. The molecule has 0 aromatic heterocycles. The van der Waals surface area contributed by atoms with E-state index < -0.39 is 11.9 Å². The molecule has 3 nitrogen and oxygen atoms in total. The molecular formula is C13H19NO2. The van der Waals surface area contributed by atoms with Crippen molar-refractivity contribution in [1.29, 1.82) is 0 Å². The molecule has 0 radical (unpaired) electrons. The Bertz CT molecular complexity index is 374. The topological polar surface area (TPSA) is 63.3 Å². The van der Waals surface area contributed by atoms with E-state index in [0.29, 0.717) is 12.1 Å². The van der Waals surface area contributed by atoms with Gasteiger partial charge >= 0.3 is 5.97 Å². The van der Waals surface area contributed by atoms with Gasteiger partial charge in [-0.15, -0.1) is 0 Å². The lowest BCUT2D eigenvalue weighted by molar-refractivity contribution is -0.139. The average Bonchev–Trinajstić information content (AvgIpc) is 2.23. The second kappa shape index (κ2) is 5.54. The van der Waals surface area contributed by atoms with Gasteiger partial charge in [0.2, 0.25) is 0 Å². The number of nitrogens with two attached hydrogens (primary N) is 1. The third kappa shape index (κ3) is 2.99. The molecule has 3 heteroatoms. The molecule has 0 spiro atoms. The summed E-state index contributed by atoms with van der Waals surface area (Å²) in [5, 5.41) is 9.21. The molecule has 0 heterocycles. The fraction of sp³-hybridized carbons (Fsp3) is 0.462. The lowest BCUT2D eigenvalue weighted by atomic mass is 9.91. The highest BCUT2D eigenvalue weighted by molar-refractivity contribution is 5.78. The van der Waals surface area contributed by atoms with Crippen molar-refractivity contribution in [3.8, 4) is 0 Å². The van der Waals surface area contributed by atoms with E-state index in [0.717, 1.165) is 24.0 Å². The lowest BCUT2D eigenvalue weighted by Gasteiger charge is -2.15. The fourth-order valence-corrected chi connectivity index (χ4v) is 1.82. The van der Waals surface area contributed by atoms with Crippen LogP contribution < -0.4 is 5.73 Å². The van der Waals surface area contributed by atoms with Crippen LogP contribution in [0.15, 0.2) is 18.2 Å². The minimum atomic E-state index is -0.786. The average molecular weight is 221 g/mol. The number of anilines is 1. The van der Waals surface area contributed by atoms with Gasteiger partial charge in [-0.1, -0.05) is 37.5 Å². The monoisotopic (exact) mass is 221 g/mol. The maximum Gasteiger partial charge on any atom is 0.311 e. The number of aryl methyl sites for hydroxylation is 1. The van der Waals surface area contributed by atoms with Crippen LogP contribution in [0.4, 0.5) is 5.69 Å². The first-order valence-corrected chi connectivity index (χ1v) is 5.65. The Labute approximate surface area is 96.3 Å². The van der Waals surface area contributed by atoms with Crippen LogP contribution in [-0.4, -0.2) is 11.1 Å². The van der Waals surface area contributed by atoms with E-state index in [-0.39, 0.29) is 0 Å². The van der Waals surface area contributed by atoms with Gasteiger partial charge in [0.1, 0.15) is 0 Å². The molecule has 1 atom stereocenters. The van der Waals surface area contributed by atoms with Gasteiger partial charge in [-0.3, -0.25) is 4.79 Å². The number of carboxylic acids is 1. The van der Waals surface area contributed by atoms with Crippen LogP contribution in [-0.2, 0) is 4.79 Å². The minimum absolute atomic E-state index is 0.472. The molecule has 0 bridgehead atoms. The molecule has 0 saturated heterocycles. The number of rotatable bonds is 5. The highest BCUT2D eigenvalue weighted by Crippen LogP contribution is 2.28. The van der Waals surface area contributed by atoms with Crippen molar-refractivity contribution in [3.63, 3.8) is 0 Å². The molecule has 0 aliphatic rings. The number of carbonyl (C=O) groups is 1. The van der Waals surface area contributed by atoms with Gasteiger partial charge in [0.05, 0.1) is 5.92 Å². The third-order valence-electron chi connectivity index (χ3n) is 2.76. The Morgan fingerprint density at radius 2 is 2.19 bits per heavy atom. The third-order valence-corrected chi connectivity index (χ3v) is 2.76. The van der Waals surface area contributed by atoms with Gasteiger partial charge in [0.15, 0.2) is 0 Å². The first-order chi connectivity index (χ1) is 7.56. The van der Waals surface area contributed by atoms with E-state index in [1.807, 2.05) is 19.1 Å².